The summed E-state index contributed by atoms with van der Waals surface area (Å²) in [5.74, 6) is 1.06. The minimum atomic E-state index is 0.0928. The van der Waals surface area contributed by atoms with Crippen LogP contribution < -0.4 is 5.32 Å². The second kappa shape index (κ2) is 5.57. The minimum absolute atomic E-state index is 0.0928. The lowest BCUT2D eigenvalue weighted by molar-refractivity contribution is 0.564. The average molecular weight is 261 g/mol. The van der Waals surface area contributed by atoms with Crippen molar-refractivity contribution in [1.82, 2.24) is 24.6 Å². The molecule has 19 heavy (non-hydrogen) atoms. The van der Waals surface area contributed by atoms with E-state index in [1.54, 1.807) is 0 Å². The zero-order chi connectivity index (χ0) is 14.0. The molecule has 1 unspecified atom stereocenters. The Morgan fingerprint density at radius 3 is 2.63 bits per heavy atom. The fraction of sp³-hybridized carbons (Fsp3) is 0.571. The lowest BCUT2D eigenvalue weighted by Crippen LogP contribution is -2.23. The molecule has 0 spiro atoms. The van der Waals surface area contributed by atoms with Gasteiger partial charge in [0.25, 0.3) is 0 Å². The Labute approximate surface area is 114 Å². The molecule has 0 aliphatic heterocycles. The van der Waals surface area contributed by atoms with E-state index < -0.39 is 0 Å². The third kappa shape index (κ3) is 2.42. The standard InChI is InChI=1S/C14H23N5/c1-6-8-19-9-7-16-14(19)13(15-4)12-10(2)17-18(5)11(12)3/h7,9,13,15H,6,8H2,1-5H3. The Morgan fingerprint density at radius 1 is 1.37 bits per heavy atom. The SMILES string of the molecule is CCCn1ccnc1C(NC)c1c(C)nn(C)c1C. The molecule has 0 aliphatic rings. The average Bonchev–Trinajstić information content (AvgIpc) is 2.91. The van der Waals surface area contributed by atoms with Crippen molar-refractivity contribution in [3.05, 3.63) is 35.2 Å². The van der Waals surface area contributed by atoms with Gasteiger partial charge in [-0.1, -0.05) is 6.92 Å². The highest BCUT2D eigenvalue weighted by molar-refractivity contribution is 5.32. The first-order chi connectivity index (χ1) is 9.10. The normalized spacial score (nSPS) is 12.9. The molecule has 0 aromatic carbocycles. The topological polar surface area (TPSA) is 47.7 Å². The quantitative estimate of drug-likeness (QED) is 0.895. The van der Waals surface area contributed by atoms with E-state index in [9.17, 15) is 0 Å². The van der Waals surface area contributed by atoms with Gasteiger partial charge in [0.2, 0.25) is 0 Å². The molecule has 1 N–H and O–H groups in total. The smallest absolute Gasteiger partial charge is 0.130 e. The highest BCUT2D eigenvalue weighted by Crippen LogP contribution is 2.26. The van der Waals surface area contributed by atoms with Crippen molar-refractivity contribution in [3.63, 3.8) is 0 Å². The van der Waals surface area contributed by atoms with Gasteiger partial charge in [0, 0.05) is 37.2 Å². The zero-order valence-corrected chi connectivity index (χ0v) is 12.4. The molecule has 2 rings (SSSR count). The number of nitrogens with zero attached hydrogens (tertiary/aromatic N) is 4. The molecule has 0 radical (unpaired) electrons. The maximum absolute atomic E-state index is 4.54. The van der Waals surface area contributed by atoms with Crippen molar-refractivity contribution in [2.24, 2.45) is 7.05 Å². The number of hydrogen-bond acceptors (Lipinski definition) is 3. The first kappa shape index (κ1) is 13.8. The van der Waals surface area contributed by atoms with Gasteiger partial charge in [-0.25, -0.2) is 4.98 Å². The summed E-state index contributed by atoms with van der Waals surface area (Å²) in [6, 6.07) is 0.0928. The highest BCUT2D eigenvalue weighted by Gasteiger charge is 2.23. The van der Waals surface area contributed by atoms with Crippen LogP contribution in [0.15, 0.2) is 12.4 Å². The van der Waals surface area contributed by atoms with Crippen LogP contribution >= 0.6 is 0 Å². The van der Waals surface area contributed by atoms with Gasteiger partial charge in [-0.3, -0.25) is 4.68 Å². The molecular weight excluding hydrogens is 238 g/mol. The van der Waals surface area contributed by atoms with Gasteiger partial charge < -0.3 is 9.88 Å². The Kier molecular flexibility index (Phi) is 4.04. The van der Waals surface area contributed by atoms with Crippen LogP contribution in [-0.4, -0.2) is 26.4 Å². The van der Waals surface area contributed by atoms with Crippen LogP contribution in [0.25, 0.3) is 0 Å². The van der Waals surface area contributed by atoms with E-state index >= 15 is 0 Å². The number of aromatic nitrogens is 4. The van der Waals surface area contributed by atoms with E-state index in [1.807, 2.05) is 31.2 Å². The van der Waals surface area contributed by atoms with Crippen LogP contribution in [0.5, 0.6) is 0 Å². The van der Waals surface area contributed by atoms with E-state index in [0.717, 1.165) is 24.5 Å². The predicted octanol–water partition coefficient (Wildman–Crippen LogP) is 1.95. The zero-order valence-electron chi connectivity index (χ0n) is 12.4. The molecule has 104 valence electrons. The summed E-state index contributed by atoms with van der Waals surface area (Å²) in [5.41, 5.74) is 3.47. The molecule has 5 heteroatoms. The van der Waals surface area contributed by atoms with E-state index in [2.05, 4.69) is 40.7 Å². The highest BCUT2D eigenvalue weighted by atomic mass is 15.3. The summed E-state index contributed by atoms with van der Waals surface area (Å²) in [6.07, 6.45) is 5.02. The third-order valence-corrected chi connectivity index (χ3v) is 3.61. The maximum atomic E-state index is 4.54. The fourth-order valence-corrected chi connectivity index (χ4v) is 2.62. The Bertz CT molecular complexity index is 552. The van der Waals surface area contributed by atoms with Gasteiger partial charge in [-0.2, -0.15) is 5.10 Å². The second-order valence-electron chi connectivity index (χ2n) is 4.91. The first-order valence-electron chi connectivity index (χ1n) is 6.78. The molecule has 2 aromatic rings. The van der Waals surface area contributed by atoms with E-state index in [1.165, 1.54) is 11.3 Å². The number of rotatable bonds is 5. The first-order valence-corrected chi connectivity index (χ1v) is 6.78. The summed E-state index contributed by atoms with van der Waals surface area (Å²) in [6.45, 7) is 7.33. The van der Waals surface area contributed by atoms with Gasteiger partial charge in [-0.15, -0.1) is 0 Å². The third-order valence-electron chi connectivity index (χ3n) is 3.61. The number of nitrogens with one attached hydrogen (secondary N) is 1. The molecular formula is C14H23N5. The van der Waals surface area contributed by atoms with Crippen LogP contribution in [-0.2, 0) is 13.6 Å². The van der Waals surface area contributed by atoms with Crippen LogP contribution in [0.2, 0.25) is 0 Å². The molecule has 0 saturated carbocycles. The molecule has 2 heterocycles. The van der Waals surface area contributed by atoms with Crippen molar-refractivity contribution in [2.45, 2.75) is 39.8 Å². The number of aryl methyl sites for hydroxylation is 3. The van der Waals surface area contributed by atoms with Crippen LogP contribution in [0.1, 0.15) is 42.2 Å². The van der Waals surface area contributed by atoms with Crippen LogP contribution in [0.4, 0.5) is 0 Å². The molecule has 1 atom stereocenters. The van der Waals surface area contributed by atoms with Crippen molar-refractivity contribution in [1.29, 1.82) is 0 Å². The molecule has 2 aromatic heterocycles. The maximum Gasteiger partial charge on any atom is 0.130 e. The van der Waals surface area contributed by atoms with Gasteiger partial charge in [0.15, 0.2) is 0 Å². The van der Waals surface area contributed by atoms with Crippen molar-refractivity contribution >= 4 is 0 Å². The summed E-state index contributed by atoms with van der Waals surface area (Å²) in [4.78, 5) is 4.54. The van der Waals surface area contributed by atoms with Crippen molar-refractivity contribution in [3.8, 4) is 0 Å². The van der Waals surface area contributed by atoms with E-state index in [-0.39, 0.29) is 6.04 Å². The van der Waals surface area contributed by atoms with Crippen molar-refractivity contribution < 1.29 is 0 Å². The number of imidazole rings is 1. The summed E-state index contributed by atoms with van der Waals surface area (Å²) < 4.78 is 4.15. The molecule has 5 nitrogen and oxygen atoms in total. The predicted molar refractivity (Wildman–Crippen MR) is 76.1 cm³/mol. The fourth-order valence-electron chi connectivity index (χ4n) is 2.62. The number of hydrogen-bond donors (Lipinski definition) is 1. The van der Waals surface area contributed by atoms with Gasteiger partial charge in [-0.05, 0) is 27.3 Å². The molecule has 0 bridgehead atoms. The molecule has 0 amide bonds. The van der Waals surface area contributed by atoms with Crippen LogP contribution in [0, 0.1) is 13.8 Å². The van der Waals surface area contributed by atoms with E-state index in [0.29, 0.717) is 0 Å². The largest absolute Gasteiger partial charge is 0.333 e. The van der Waals surface area contributed by atoms with Gasteiger partial charge in [0.05, 0.1) is 11.7 Å². The van der Waals surface area contributed by atoms with Gasteiger partial charge >= 0.3 is 0 Å². The molecule has 0 fully saturated rings. The summed E-state index contributed by atoms with van der Waals surface area (Å²) >= 11 is 0. The van der Waals surface area contributed by atoms with Crippen molar-refractivity contribution in [2.75, 3.05) is 7.05 Å². The van der Waals surface area contributed by atoms with E-state index in [4.69, 9.17) is 0 Å². The summed E-state index contributed by atoms with van der Waals surface area (Å²) in [7, 11) is 3.96. The Hall–Kier alpha value is -1.62. The molecule has 0 aliphatic carbocycles. The van der Waals surface area contributed by atoms with Crippen LogP contribution in [0.3, 0.4) is 0 Å². The minimum Gasteiger partial charge on any atom is -0.333 e. The summed E-state index contributed by atoms with van der Waals surface area (Å²) in [5, 5.41) is 7.88. The monoisotopic (exact) mass is 261 g/mol. The second-order valence-corrected chi connectivity index (χ2v) is 4.91. The molecule has 0 saturated heterocycles. The lowest BCUT2D eigenvalue weighted by Gasteiger charge is -2.18. The Balaban J connectivity index is 2.47. The Morgan fingerprint density at radius 2 is 2.11 bits per heavy atom. The van der Waals surface area contributed by atoms with Gasteiger partial charge in [0.1, 0.15) is 5.82 Å². The lowest BCUT2D eigenvalue weighted by atomic mass is 10.0.